The van der Waals surface area contributed by atoms with Crippen molar-refractivity contribution in [2.24, 2.45) is 11.8 Å². The fourth-order valence-corrected chi connectivity index (χ4v) is 2.59. The van der Waals surface area contributed by atoms with Crippen LogP contribution in [0.2, 0.25) is 0 Å². The maximum absolute atomic E-state index is 5.53. The Kier molecular flexibility index (Phi) is 6.87. The molecule has 2 unspecified atom stereocenters. The summed E-state index contributed by atoms with van der Waals surface area (Å²) in [6, 6.07) is 6.56. The first kappa shape index (κ1) is 16.5. The van der Waals surface area contributed by atoms with Gasteiger partial charge in [0.2, 0.25) is 0 Å². The van der Waals surface area contributed by atoms with Crippen LogP contribution in [0.15, 0.2) is 22.7 Å². The van der Waals surface area contributed by atoms with Gasteiger partial charge < -0.3 is 10.1 Å². The topological polar surface area (TPSA) is 21.3 Å². The molecule has 108 valence electrons. The Bertz CT molecular complexity index is 392. The number of benzene rings is 1. The van der Waals surface area contributed by atoms with Crippen molar-refractivity contribution in [2.45, 2.75) is 40.2 Å². The van der Waals surface area contributed by atoms with Crippen LogP contribution in [0.25, 0.3) is 0 Å². The minimum absolute atomic E-state index is 0.326. The van der Waals surface area contributed by atoms with Gasteiger partial charge in [-0.15, -0.1) is 0 Å². The summed E-state index contributed by atoms with van der Waals surface area (Å²) in [5, 5.41) is 3.67. The Morgan fingerprint density at radius 1 is 1.26 bits per heavy atom. The van der Waals surface area contributed by atoms with Gasteiger partial charge >= 0.3 is 0 Å². The highest BCUT2D eigenvalue weighted by molar-refractivity contribution is 9.10. The summed E-state index contributed by atoms with van der Waals surface area (Å²) in [4.78, 5) is 0. The van der Waals surface area contributed by atoms with E-state index in [2.05, 4.69) is 55.0 Å². The van der Waals surface area contributed by atoms with Crippen molar-refractivity contribution in [1.82, 2.24) is 5.32 Å². The summed E-state index contributed by atoms with van der Waals surface area (Å²) < 4.78 is 6.63. The van der Waals surface area contributed by atoms with Crippen LogP contribution < -0.4 is 10.1 Å². The van der Waals surface area contributed by atoms with Gasteiger partial charge in [0.1, 0.15) is 5.75 Å². The Hall–Kier alpha value is -0.540. The number of hydrogen-bond donors (Lipinski definition) is 1. The van der Waals surface area contributed by atoms with E-state index in [9.17, 15) is 0 Å². The average molecular weight is 328 g/mol. The molecule has 0 aliphatic carbocycles. The van der Waals surface area contributed by atoms with Crippen molar-refractivity contribution in [3.8, 4) is 5.75 Å². The standard InChI is InChI=1S/C16H26BrNO/c1-6-9-18-16(12(4)11(2)3)14-10-13(17)7-8-15(14)19-5/h7-8,10-12,16,18H,6,9H2,1-5H3. The zero-order valence-corrected chi connectivity index (χ0v) is 14.3. The third-order valence-electron chi connectivity index (χ3n) is 3.72. The highest BCUT2D eigenvalue weighted by atomic mass is 79.9. The number of hydrogen-bond acceptors (Lipinski definition) is 2. The third-order valence-corrected chi connectivity index (χ3v) is 4.21. The van der Waals surface area contributed by atoms with E-state index in [4.69, 9.17) is 4.74 Å². The molecular weight excluding hydrogens is 302 g/mol. The molecule has 1 N–H and O–H groups in total. The molecule has 0 heterocycles. The first-order valence-electron chi connectivity index (χ1n) is 7.08. The van der Waals surface area contributed by atoms with E-state index in [0.29, 0.717) is 17.9 Å². The van der Waals surface area contributed by atoms with Crippen LogP contribution in [0.1, 0.15) is 45.7 Å². The van der Waals surface area contributed by atoms with Gasteiger partial charge in [-0.1, -0.05) is 43.6 Å². The monoisotopic (exact) mass is 327 g/mol. The summed E-state index contributed by atoms with van der Waals surface area (Å²) >= 11 is 3.56. The van der Waals surface area contributed by atoms with E-state index in [0.717, 1.165) is 23.2 Å². The fraction of sp³-hybridized carbons (Fsp3) is 0.625. The second-order valence-electron chi connectivity index (χ2n) is 5.42. The summed E-state index contributed by atoms with van der Waals surface area (Å²) in [5.74, 6) is 2.14. The highest BCUT2D eigenvalue weighted by Gasteiger charge is 2.24. The predicted octanol–water partition coefficient (Wildman–Crippen LogP) is 4.79. The average Bonchev–Trinajstić information content (AvgIpc) is 2.39. The summed E-state index contributed by atoms with van der Waals surface area (Å²) in [6.45, 7) is 10.1. The number of ether oxygens (including phenoxy) is 1. The molecule has 0 spiro atoms. The van der Waals surface area contributed by atoms with Crippen LogP contribution >= 0.6 is 15.9 Å². The lowest BCUT2D eigenvalue weighted by Crippen LogP contribution is -2.30. The molecule has 1 rings (SSSR count). The number of nitrogens with one attached hydrogen (secondary N) is 1. The van der Waals surface area contributed by atoms with Gasteiger partial charge in [-0.3, -0.25) is 0 Å². The number of methoxy groups -OCH3 is 1. The van der Waals surface area contributed by atoms with Gasteiger partial charge in [-0.05, 0) is 43.0 Å². The summed E-state index contributed by atoms with van der Waals surface area (Å²) in [6.07, 6.45) is 1.14. The van der Waals surface area contributed by atoms with E-state index in [1.54, 1.807) is 7.11 Å². The molecule has 0 bridgehead atoms. The Balaban J connectivity index is 3.11. The summed E-state index contributed by atoms with van der Waals surface area (Å²) in [7, 11) is 1.74. The molecular formula is C16H26BrNO. The predicted molar refractivity (Wildman–Crippen MR) is 85.7 cm³/mol. The lowest BCUT2D eigenvalue weighted by Gasteiger charge is -2.29. The van der Waals surface area contributed by atoms with Crippen molar-refractivity contribution in [1.29, 1.82) is 0 Å². The summed E-state index contributed by atoms with van der Waals surface area (Å²) in [5.41, 5.74) is 1.24. The second kappa shape index (κ2) is 7.91. The third kappa shape index (κ3) is 4.50. The van der Waals surface area contributed by atoms with Crippen LogP contribution in [-0.4, -0.2) is 13.7 Å². The second-order valence-corrected chi connectivity index (χ2v) is 6.34. The first-order chi connectivity index (χ1) is 9.01. The smallest absolute Gasteiger partial charge is 0.123 e. The molecule has 0 aliphatic rings. The van der Waals surface area contributed by atoms with Gasteiger partial charge in [-0.2, -0.15) is 0 Å². The lowest BCUT2D eigenvalue weighted by molar-refractivity contribution is 0.294. The van der Waals surface area contributed by atoms with Gasteiger partial charge in [0.05, 0.1) is 7.11 Å². The van der Waals surface area contributed by atoms with Crippen LogP contribution in [0.4, 0.5) is 0 Å². The molecule has 0 aromatic heterocycles. The van der Waals surface area contributed by atoms with Crippen LogP contribution in [0, 0.1) is 11.8 Å². The molecule has 0 fully saturated rings. The molecule has 1 aromatic carbocycles. The molecule has 3 heteroatoms. The van der Waals surface area contributed by atoms with Crippen LogP contribution in [0.3, 0.4) is 0 Å². The molecule has 2 nitrogen and oxygen atoms in total. The van der Waals surface area contributed by atoms with Crippen molar-refractivity contribution in [3.63, 3.8) is 0 Å². The van der Waals surface area contributed by atoms with Crippen LogP contribution in [0.5, 0.6) is 5.75 Å². The quantitative estimate of drug-likeness (QED) is 0.777. The Morgan fingerprint density at radius 3 is 2.47 bits per heavy atom. The Morgan fingerprint density at radius 2 is 1.95 bits per heavy atom. The van der Waals surface area contributed by atoms with E-state index >= 15 is 0 Å². The Labute approximate surface area is 126 Å². The van der Waals surface area contributed by atoms with Gasteiger partial charge in [0.25, 0.3) is 0 Å². The van der Waals surface area contributed by atoms with Crippen molar-refractivity contribution in [2.75, 3.05) is 13.7 Å². The molecule has 2 atom stereocenters. The van der Waals surface area contributed by atoms with E-state index in [1.165, 1.54) is 5.56 Å². The zero-order valence-electron chi connectivity index (χ0n) is 12.7. The molecule has 0 aliphatic heterocycles. The molecule has 0 saturated heterocycles. The van der Waals surface area contributed by atoms with E-state index in [1.807, 2.05) is 12.1 Å². The minimum atomic E-state index is 0.326. The largest absolute Gasteiger partial charge is 0.496 e. The number of halogens is 1. The first-order valence-corrected chi connectivity index (χ1v) is 7.87. The molecule has 1 aromatic rings. The van der Waals surface area contributed by atoms with E-state index in [-0.39, 0.29) is 0 Å². The zero-order chi connectivity index (χ0) is 14.4. The van der Waals surface area contributed by atoms with Crippen LogP contribution in [-0.2, 0) is 0 Å². The maximum atomic E-state index is 5.53. The van der Waals surface area contributed by atoms with Crippen molar-refractivity contribution in [3.05, 3.63) is 28.2 Å². The fourth-order valence-electron chi connectivity index (χ4n) is 2.21. The van der Waals surface area contributed by atoms with Gasteiger partial charge in [-0.25, -0.2) is 0 Å². The molecule has 0 radical (unpaired) electrons. The molecule has 0 amide bonds. The van der Waals surface area contributed by atoms with Crippen molar-refractivity contribution < 1.29 is 4.74 Å². The van der Waals surface area contributed by atoms with Gasteiger partial charge in [0, 0.05) is 16.1 Å². The van der Waals surface area contributed by atoms with Crippen molar-refractivity contribution >= 4 is 15.9 Å². The molecule has 19 heavy (non-hydrogen) atoms. The van der Waals surface area contributed by atoms with Gasteiger partial charge in [0.15, 0.2) is 0 Å². The number of rotatable bonds is 7. The normalized spacial score (nSPS) is 14.5. The minimum Gasteiger partial charge on any atom is -0.496 e. The maximum Gasteiger partial charge on any atom is 0.123 e. The SMILES string of the molecule is CCCNC(c1cc(Br)ccc1OC)C(C)C(C)C. The highest BCUT2D eigenvalue weighted by Crippen LogP contribution is 2.35. The lowest BCUT2D eigenvalue weighted by atomic mass is 9.85. The molecule has 0 saturated carbocycles. The van der Waals surface area contributed by atoms with E-state index < -0.39 is 0 Å².